The highest BCUT2D eigenvalue weighted by atomic mass is 35.5. The predicted molar refractivity (Wildman–Crippen MR) is 113 cm³/mol. The Morgan fingerprint density at radius 1 is 1.00 bits per heavy atom. The number of anilines is 1. The Labute approximate surface area is 180 Å². The van der Waals surface area contributed by atoms with Crippen molar-refractivity contribution in [2.45, 2.75) is 0 Å². The van der Waals surface area contributed by atoms with Gasteiger partial charge in [-0.3, -0.25) is 14.0 Å². The van der Waals surface area contributed by atoms with E-state index in [0.717, 1.165) is 6.07 Å². The maximum absolute atomic E-state index is 14.3. The van der Waals surface area contributed by atoms with E-state index in [9.17, 15) is 14.0 Å². The molecule has 0 saturated carbocycles. The first-order chi connectivity index (χ1) is 14.9. The molecule has 0 spiro atoms. The van der Waals surface area contributed by atoms with Crippen LogP contribution < -0.4 is 11.1 Å². The molecule has 0 bridgehead atoms. The third-order valence-electron chi connectivity index (χ3n) is 4.35. The first kappa shape index (κ1) is 20.1. The van der Waals surface area contributed by atoms with E-state index in [1.54, 1.807) is 30.3 Å². The second kappa shape index (κ2) is 8.26. The maximum atomic E-state index is 14.3. The first-order valence-electron chi connectivity index (χ1n) is 8.95. The molecule has 2 heterocycles. The van der Waals surface area contributed by atoms with Crippen LogP contribution in [0.4, 0.5) is 10.1 Å². The summed E-state index contributed by atoms with van der Waals surface area (Å²) in [5, 5.41) is 10.9. The molecule has 0 aliphatic rings. The molecule has 152 valence electrons. The number of pyridine rings is 1. The van der Waals surface area contributed by atoms with E-state index in [2.05, 4.69) is 27.4 Å². The van der Waals surface area contributed by atoms with Crippen LogP contribution in [-0.2, 0) is 0 Å². The summed E-state index contributed by atoms with van der Waals surface area (Å²) in [6, 6.07) is 15.0. The van der Waals surface area contributed by atoms with Crippen molar-refractivity contribution in [2.75, 3.05) is 5.32 Å². The van der Waals surface area contributed by atoms with Gasteiger partial charge in [0.05, 0.1) is 5.56 Å². The fourth-order valence-electron chi connectivity index (χ4n) is 2.79. The van der Waals surface area contributed by atoms with Crippen LogP contribution in [0.25, 0.3) is 5.65 Å². The summed E-state index contributed by atoms with van der Waals surface area (Å²) in [6.07, 6.45) is 0. The lowest BCUT2D eigenvalue weighted by Crippen LogP contribution is -2.13. The SMILES string of the molecule is NC(=O)c1ccc(NC(=O)c2ccc(F)c(C#Cc3nnc4cccc(Cl)n34)c2)cc1. The van der Waals surface area contributed by atoms with Crippen molar-refractivity contribution in [1.29, 1.82) is 0 Å². The van der Waals surface area contributed by atoms with Crippen molar-refractivity contribution in [2.24, 2.45) is 5.73 Å². The number of rotatable bonds is 3. The van der Waals surface area contributed by atoms with Gasteiger partial charge in [0.1, 0.15) is 11.0 Å². The molecule has 3 N–H and O–H groups in total. The molecule has 0 saturated heterocycles. The molecule has 4 aromatic rings. The van der Waals surface area contributed by atoms with Crippen molar-refractivity contribution in [3.63, 3.8) is 0 Å². The second-order valence-electron chi connectivity index (χ2n) is 6.41. The minimum absolute atomic E-state index is 0.0144. The number of hydrogen-bond donors (Lipinski definition) is 2. The van der Waals surface area contributed by atoms with Gasteiger partial charge in [0.2, 0.25) is 11.7 Å². The summed E-state index contributed by atoms with van der Waals surface area (Å²) in [5.41, 5.74) is 6.69. The lowest BCUT2D eigenvalue weighted by atomic mass is 10.1. The van der Waals surface area contributed by atoms with Crippen LogP contribution >= 0.6 is 11.6 Å². The van der Waals surface area contributed by atoms with Crippen LogP contribution in [0, 0.1) is 17.7 Å². The van der Waals surface area contributed by atoms with E-state index in [1.165, 1.54) is 28.7 Å². The molecule has 9 heteroatoms. The van der Waals surface area contributed by atoms with Crippen LogP contribution in [0.2, 0.25) is 5.15 Å². The number of fused-ring (bicyclic) bond motifs is 1. The van der Waals surface area contributed by atoms with Crippen molar-refractivity contribution in [3.05, 3.63) is 94.1 Å². The number of primary amides is 1. The van der Waals surface area contributed by atoms with Crippen molar-refractivity contribution >= 4 is 34.7 Å². The van der Waals surface area contributed by atoms with Gasteiger partial charge in [0, 0.05) is 16.8 Å². The third-order valence-corrected chi connectivity index (χ3v) is 4.64. The molecule has 31 heavy (non-hydrogen) atoms. The molecular weight excluding hydrogens is 421 g/mol. The van der Waals surface area contributed by atoms with Crippen LogP contribution in [0.5, 0.6) is 0 Å². The number of amides is 2. The zero-order chi connectivity index (χ0) is 22.0. The minimum atomic E-state index is -0.588. The molecular formula is C22H13ClFN5O2. The monoisotopic (exact) mass is 433 g/mol. The largest absolute Gasteiger partial charge is 0.366 e. The fourth-order valence-corrected chi connectivity index (χ4v) is 3.03. The number of nitrogens with one attached hydrogen (secondary N) is 1. The number of aromatic nitrogens is 3. The highest BCUT2D eigenvalue weighted by molar-refractivity contribution is 6.29. The minimum Gasteiger partial charge on any atom is -0.366 e. The van der Waals surface area contributed by atoms with E-state index in [-0.39, 0.29) is 17.0 Å². The van der Waals surface area contributed by atoms with Gasteiger partial charge in [-0.15, -0.1) is 10.2 Å². The van der Waals surface area contributed by atoms with Crippen LogP contribution in [0.15, 0.2) is 60.7 Å². The second-order valence-corrected chi connectivity index (χ2v) is 6.79. The van der Waals surface area contributed by atoms with Crippen molar-refractivity contribution in [1.82, 2.24) is 14.6 Å². The molecule has 0 atom stereocenters. The molecule has 4 rings (SSSR count). The van der Waals surface area contributed by atoms with Gasteiger partial charge in [-0.25, -0.2) is 4.39 Å². The maximum Gasteiger partial charge on any atom is 0.255 e. The normalized spacial score (nSPS) is 10.4. The predicted octanol–water partition coefficient (Wildman–Crippen LogP) is 3.27. The zero-order valence-corrected chi connectivity index (χ0v) is 16.5. The summed E-state index contributed by atoms with van der Waals surface area (Å²) in [4.78, 5) is 23.7. The lowest BCUT2D eigenvalue weighted by molar-refractivity contribution is 0.0998. The van der Waals surface area contributed by atoms with Gasteiger partial charge in [-0.1, -0.05) is 23.6 Å². The Kier molecular flexibility index (Phi) is 5.35. The van der Waals surface area contributed by atoms with Crippen molar-refractivity contribution in [3.8, 4) is 11.8 Å². The Bertz CT molecular complexity index is 1390. The summed E-state index contributed by atoms with van der Waals surface area (Å²) in [6.45, 7) is 0. The third kappa shape index (κ3) is 4.22. The molecule has 0 aliphatic carbocycles. The average Bonchev–Trinajstić information content (AvgIpc) is 3.18. The Morgan fingerprint density at radius 2 is 1.74 bits per heavy atom. The number of halogens is 2. The summed E-state index contributed by atoms with van der Waals surface area (Å²) >= 11 is 6.15. The highest BCUT2D eigenvalue weighted by Gasteiger charge is 2.11. The lowest BCUT2D eigenvalue weighted by Gasteiger charge is -2.06. The van der Waals surface area contributed by atoms with E-state index in [4.69, 9.17) is 17.3 Å². The number of nitrogens with zero attached hydrogens (tertiary/aromatic N) is 3. The van der Waals surface area contributed by atoms with Crippen LogP contribution in [-0.4, -0.2) is 26.4 Å². The fraction of sp³-hybridized carbons (Fsp3) is 0. The smallest absolute Gasteiger partial charge is 0.255 e. The van der Waals surface area contributed by atoms with Gasteiger partial charge >= 0.3 is 0 Å². The number of carbonyl (C=O) groups is 2. The van der Waals surface area contributed by atoms with Gasteiger partial charge in [0.25, 0.3) is 5.91 Å². The standard InChI is InChI=1S/C22H13ClFN5O2/c23-18-2-1-3-19-27-28-20(29(18)19)11-7-14-12-15(6-10-17(14)24)22(31)26-16-8-4-13(5-9-16)21(25)30/h1-6,8-10,12H,(H2,25,30)(H,26,31). The number of nitrogens with two attached hydrogens (primary N) is 1. The molecule has 7 nitrogen and oxygen atoms in total. The van der Waals surface area contributed by atoms with Crippen LogP contribution in [0.1, 0.15) is 32.1 Å². The van der Waals surface area contributed by atoms with Gasteiger partial charge in [0.15, 0.2) is 5.65 Å². The van der Waals surface area contributed by atoms with Gasteiger partial charge in [-0.05, 0) is 60.5 Å². The molecule has 0 aliphatic heterocycles. The van der Waals surface area contributed by atoms with E-state index >= 15 is 0 Å². The highest BCUT2D eigenvalue weighted by Crippen LogP contribution is 2.15. The molecule has 2 aromatic heterocycles. The molecule has 0 radical (unpaired) electrons. The van der Waals surface area contributed by atoms with E-state index < -0.39 is 17.6 Å². The van der Waals surface area contributed by atoms with Crippen molar-refractivity contribution < 1.29 is 14.0 Å². The average molecular weight is 434 g/mol. The summed E-state index contributed by atoms with van der Waals surface area (Å²) < 4.78 is 15.8. The molecule has 2 amide bonds. The van der Waals surface area contributed by atoms with Gasteiger partial charge in [-0.2, -0.15) is 0 Å². The Balaban J connectivity index is 1.59. The first-order valence-corrected chi connectivity index (χ1v) is 9.32. The Hall–Kier alpha value is -4.22. The van der Waals surface area contributed by atoms with E-state index in [0.29, 0.717) is 22.1 Å². The zero-order valence-electron chi connectivity index (χ0n) is 15.8. The quantitative estimate of drug-likeness (QED) is 0.382. The summed E-state index contributed by atoms with van der Waals surface area (Å²) in [5.74, 6) is 4.03. The summed E-state index contributed by atoms with van der Waals surface area (Å²) in [7, 11) is 0. The van der Waals surface area contributed by atoms with E-state index in [1.807, 2.05) is 0 Å². The molecule has 0 fully saturated rings. The topological polar surface area (TPSA) is 102 Å². The molecule has 2 aromatic carbocycles. The molecule has 0 unspecified atom stereocenters. The number of benzene rings is 2. The van der Waals surface area contributed by atoms with Crippen LogP contribution in [0.3, 0.4) is 0 Å². The number of carbonyl (C=O) groups excluding carboxylic acids is 2. The van der Waals surface area contributed by atoms with Gasteiger partial charge < -0.3 is 11.1 Å². The number of hydrogen-bond acceptors (Lipinski definition) is 4. The Morgan fingerprint density at radius 3 is 2.48 bits per heavy atom.